The van der Waals surface area contributed by atoms with E-state index in [0.717, 1.165) is 25.6 Å². The molecule has 5 rings (SSSR count). The molecule has 3 atom stereocenters. The first-order valence-corrected chi connectivity index (χ1v) is 14.6. The molecule has 0 radical (unpaired) electrons. The molecule has 2 aliphatic heterocycles. The Morgan fingerprint density at radius 3 is 2.65 bits per heavy atom. The molecule has 7 nitrogen and oxygen atoms in total. The maximum Gasteiger partial charge on any atom is 0.236 e. The molecule has 3 aliphatic rings. The number of halogens is 2. The number of pyridine rings is 1. The first kappa shape index (κ1) is 28.2. The molecule has 10 heteroatoms. The summed E-state index contributed by atoms with van der Waals surface area (Å²) in [5.41, 5.74) is 6.42. The fourth-order valence-corrected chi connectivity index (χ4v) is 6.62. The van der Waals surface area contributed by atoms with Gasteiger partial charge in [0.15, 0.2) is 5.17 Å². The zero-order valence-electron chi connectivity index (χ0n) is 22.8. The van der Waals surface area contributed by atoms with Crippen molar-refractivity contribution < 1.29 is 13.6 Å². The lowest BCUT2D eigenvalue weighted by Crippen LogP contribution is -2.51. The molecule has 210 valence electrons. The van der Waals surface area contributed by atoms with E-state index in [1.807, 2.05) is 24.8 Å². The first-order chi connectivity index (χ1) is 19.2. The number of nitrogens with two attached hydrogens (primary N) is 1. The summed E-state index contributed by atoms with van der Waals surface area (Å²) in [4.78, 5) is 26.6. The van der Waals surface area contributed by atoms with Gasteiger partial charge in [0.25, 0.3) is 0 Å². The summed E-state index contributed by atoms with van der Waals surface area (Å²) in [6.07, 6.45) is 5.69. The Labute approximate surface area is 238 Å². The Kier molecular flexibility index (Phi) is 8.24. The predicted octanol–water partition coefficient (Wildman–Crippen LogP) is 4.79. The zero-order chi connectivity index (χ0) is 28.4. The average Bonchev–Trinajstić information content (AvgIpc) is 3.78. The lowest BCUT2D eigenvalue weighted by Gasteiger charge is -2.37. The fourth-order valence-electron chi connectivity index (χ4n) is 5.45. The van der Waals surface area contributed by atoms with Gasteiger partial charge in [-0.05, 0) is 73.9 Å². The summed E-state index contributed by atoms with van der Waals surface area (Å²) < 4.78 is 30.3. The minimum atomic E-state index is -1.05. The van der Waals surface area contributed by atoms with E-state index in [1.54, 1.807) is 6.07 Å². The minimum Gasteiger partial charge on any atom is -0.378 e. The third-order valence-corrected chi connectivity index (χ3v) is 9.28. The van der Waals surface area contributed by atoms with Gasteiger partial charge in [0.1, 0.15) is 17.7 Å². The molecule has 1 saturated carbocycles. The lowest BCUT2D eigenvalue weighted by atomic mass is 9.78. The van der Waals surface area contributed by atoms with Crippen LogP contribution in [0, 0.1) is 29.0 Å². The highest BCUT2D eigenvalue weighted by Gasteiger charge is 2.42. The molecule has 1 saturated heterocycles. The van der Waals surface area contributed by atoms with Crippen molar-refractivity contribution in [2.75, 3.05) is 32.7 Å². The van der Waals surface area contributed by atoms with Crippen LogP contribution in [0.15, 0.2) is 41.5 Å². The second-order valence-corrected chi connectivity index (χ2v) is 12.4. The van der Waals surface area contributed by atoms with Crippen LogP contribution in [0.25, 0.3) is 11.9 Å². The molecular formula is C30H34F2N6OS. The Bertz CT molecular complexity index is 1360. The first-order valence-electron chi connectivity index (χ1n) is 13.7. The number of carbonyl (C=O) groups is 1. The van der Waals surface area contributed by atoms with Crippen LogP contribution >= 0.6 is 11.8 Å². The van der Waals surface area contributed by atoms with E-state index in [9.17, 15) is 9.18 Å². The molecule has 3 heterocycles. The Morgan fingerprint density at radius 1 is 1.25 bits per heavy atom. The molecular weight excluding hydrogens is 530 g/mol. The van der Waals surface area contributed by atoms with Gasteiger partial charge in [0.2, 0.25) is 5.91 Å². The van der Waals surface area contributed by atoms with Crippen LogP contribution < -0.4 is 5.73 Å². The minimum absolute atomic E-state index is 0.0551. The Morgan fingerprint density at radius 2 is 2.00 bits per heavy atom. The van der Waals surface area contributed by atoms with E-state index in [1.165, 1.54) is 61.1 Å². The van der Waals surface area contributed by atoms with Crippen molar-refractivity contribution in [3.8, 4) is 6.07 Å². The number of piperazine rings is 1. The smallest absolute Gasteiger partial charge is 0.236 e. The van der Waals surface area contributed by atoms with Crippen molar-refractivity contribution >= 4 is 34.7 Å². The average molecular weight is 565 g/mol. The van der Waals surface area contributed by atoms with Crippen LogP contribution in [0.4, 0.5) is 8.78 Å². The van der Waals surface area contributed by atoms with Crippen LogP contribution in [0.3, 0.4) is 0 Å². The number of nitriles is 1. The molecule has 1 aromatic carbocycles. The summed E-state index contributed by atoms with van der Waals surface area (Å²) in [6, 6.07) is 9.23. The van der Waals surface area contributed by atoms with Gasteiger partial charge in [0.05, 0.1) is 22.0 Å². The molecule has 40 heavy (non-hydrogen) atoms. The molecule has 0 spiro atoms. The fraction of sp³-hybridized carbons (Fsp3) is 0.467. The van der Waals surface area contributed by atoms with Gasteiger partial charge in [-0.3, -0.25) is 19.7 Å². The van der Waals surface area contributed by atoms with E-state index < -0.39 is 22.4 Å². The number of carbonyl (C=O) groups excluding carboxylic acids is 1. The second kappa shape index (κ2) is 11.7. The molecule has 1 amide bonds. The largest absolute Gasteiger partial charge is 0.378 e. The summed E-state index contributed by atoms with van der Waals surface area (Å²) in [5, 5.41) is 8.78. The van der Waals surface area contributed by atoms with Crippen LogP contribution in [0.5, 0.6) is 0 Å². The van der Waals surface area contributed by atoms with Gasteiger partial charge < -0.3 is 10.6 Å². The number of amides is 1. The van der Waals surface area contributed by atoms with Gasteiger partial charge in [0, 0.05) is 44.5 Å². The van der Waals surface area contributed by atoms with Gasteiger partial charge >= 0.3 is 0 Å². The van der Waals surface area contributed by atoms with Crippen LogP contribution in [0.2, 0.25) is 0 Å². The highest BCUT2D eigenvalue weighted by molar-refractivity contribution is 8.14. The summed E-state index contributed by atoms with van der Waals surface area (Å²) in [6.45, 7) is 8.08. The summed E-state index contributed by atoms with van der Waals surface area (Å²) in [5.74, 6) is -0.416. The highest BCUT2D eigenvalue weighted by Crippen LogP contribution is 2.43. The monoisotopic (exact) mass is 564 g/mol. The Balaban J connectivity index is 1.33. The number of rotatable bonds is 6. The van der Waals surface area contributed by atoms with E-state index in [4.69, 9.17) is 16.0 Å². The third kappa shape index (κ3) is 6.21. The van der Waals surface area contributed by atoms with Crippen LogP contribution in [-0.2, 0) is 10.3 Å². The van der Waals surface area contributed by atoms with Crippen molar-refractivity contribution in [3.63, 3.8) is 0 Å². The van der Waals surface area contributed by atoms with Crippen molar-refractivity contribution in [2.24, 2.45) is 22.6 Å². The standard InChI is InChI=1S/C30H34F2N6OS/c1-19-13-27(28(39)38-11-9-37(10-12-38)18-20-3-4-20)40-29(34)36-30(19,2)23-14-21(5-7-24(23)31)15-25(32)26-8-6-22(16-33)17-35-26/h5-8,14-15,17,19-20,27H,3-4,9-13,18H2,1-2H3,(H2,34,36)/b25-15-/t19-,27+,30-/m0/s1. The number of aromatic nitrogens is 1. The van der Waals surface area contributed by atoms with Crippen molar-refractivity contribution in [3.05, 3.63) is 64.7 Å². The summed E-state index contributed by atoms with van der Waals surface area (Å²) >= 11 is 1.25. The number of amidine groups is 1. The number of benzene rings is 1. The molecule has 0 bridgehead atoms. The third-order valence-electron chi connectivity index (χ3n) is 8.27. The van der Waals surface area contributed by atoms with Crippen molar-refractivity contribution in [1.29, 1.82) is 5.26 Å². The van der Waals surface area contributed by atoms with E-state index in [-0.39, 0.29) is 22.7 Å². The van der Waals surface area contributed by atoms with E-state index >= 15 is 4.39 Å². The maximum atomic E-state index is 15.3. The highest BCUT2D eigenvalue weighted by atomic mass is 32.2. The number of nitrogens with zero attached hydrogens (tertiary/aromatic N) is 5. The van der Waals surface area contributed by atoms with Crippen molar-refractivity contribution in [2.45, 2.75) is 43.9 Å². The van der Waals surface area contributed by atoms with Gasteiger partial charge in [-0.15, -0.1) is 0 Å². The predicted molar refractivity (Wildman–Crippen MR) is 154 cm³/mol. The maximum absolute atomic E-state index is 15.3. The number of hydrogen-bond donors (Lipinski definition) is 1. The molecule has 2 aromatic rings. The number of thioether (sulfide) groups is 1. The second-order valence-electron chi connectivity index (χ2n) is 11.2. The molecule has 1 aromatic heterocycles. The van der Waals surface area contributed by atoms with Crippen LogP contribution in [0.1, 0.15) is 55.5 Å². The van der Waals surface area contributed by atoms with E-state index in [2.05, 4.69) is 9.88 Å². The van der Waals surface area contributed by atoms with Gasteiger partial charge in [-0.1, -0.05) is 24.8 Å². The molecule has 0 unspecified atom stereocenters. The van der Waals surface area contributed by atoms with Gasteiger partial charge in [-0.2, -0.15) is 5.26 Å². The van der Waals surface area contributed by atoms with Gasteiger partial charge in [-0.25, -0.2) is 8.78 Å². The topological polar surface area (TPSA) is 98.6 Å². The molecule has 1 aliphatic carbocycles. The van der Waals surface area contributed by atoms with Crippen LogP contribution in [-0.4, -0.2) is 63.8 Å². The quantitative estimate of drug-likeness (QED) is 0.542. The SMILES string of the molecule is C[C@H]1C[C@H](C(=O)N2CCN(CC3CC3)CC2)SC(N)=N[C@]1(C)c1cc(/C=C(\F)c2ccc(C#N)cn2)ccc1F. The van der Waals surface area contributed by atoms with E-state index in [0.29, 0.717) is 36.2 Å². The number of hydrogen-bond acceptors (Lipinski definition) is 7. The Hall–Kier alpha value is -3.29. The molecule has 2 fully saturated rings. The molecule has 2 N–H and O–H groups in total. The lowest BCUT2D eigenvalue weighted by molar-refractivity contribution is -0.132. The zero-order valence-corrected chi connectivity index (χ0v) is 23.6. The summed E-state index contributed by atoms with van der Waals surface area (Å²) in [7, 11) is 0. The van der Waals surface area contributed by atoms with Crippen molar-refractivity contribution in [1.82, 2.24) is 14.8 Å². The normalized spacial score (nSPS) is 26.1. The number of aliphatic imine (C=N–C) groups is 1.